The van der Waals surface area contributed by atoms with E-state index >= 15 is 0 Å². The van der Waals surface area contributed by atoms with E-state index in [1.54, 1.807) is 6.07 Å². The fourth-order valence-corrected chi connectivity index (χ4v) is 3.51. The lowest BCUT2D eigenvalue weighted by Crippen LogP contribution is -2.36. The summed E-state index contributed by atoms with van der Waals surface area (Å²) in [5.74, 6) is 0. The smallest absolute Gasteiger partial charge is 0.152 e. The van der Waals surface area contributed by atoms with Gasteiger partial charge in [-0.3, -0.25) is 9.69 Å². The van der Waals surface area contributed by atoms with Gasteiger partial charge in [-0.1, -0.05) is 11.6 Å². The van der Waals surface area contributed by atoms with Crippen molar-refractivity contribution in [2.75, 3.05) is 31.1 Å². The van der Waals surface area contributed by atoms with Crippen LogP contribution in [0.5, 0.6) is 0 Å². The van der Waals surface area contributed by atoms with Crippen LogP contribution in [0.15, 0.2) is 18.2 Å². The molecule has 2 saturated heterocycles. The fourth-order valence-electron chi connectivity index (χ4n) is 3.33. The molecule has 102 valence electrons. The zero-order valence-corrected chi connectivity index (χ0v) is 11.8. The molecule has 0 spiro atoms. The summed E-state index contributed by atoms with van der Waals surface area (Å²) >= 11 is 5.97. The average molecular weight is 279 g/mol. The first-order chi connectivity index (χ1) is 9.28. The number of nitrogens with zero attached hydrogens (tertiary/aromatic N) is 2. The maximum absolute atomic E-state index is 11.2. The van der Waals surface area contributed by atoms with Crippen LogP contribution >= 0.6 is 11.6 Å². The molecule has 1 atom stereocenters. The minimum absolute atomic E-state index is 0.628. The molecule has 0 N–H and O–H groups in total. The molecule has 19 heavy (non-hydrogen) atoms. The van der Waals surface area contributed by atoms with Gasteiger partial charge >= 0.3 is 0 Å². The van der Waals surface area contributed by atoms with Crippen molar-refractivity contribution in [2.24, 2.45) is 0 Å². The minimum Gasteiger partial charge on any atom is -0.369 e. The predicted molar refractivity (Wildman–Crippen MR) is 78.3 cm³/mol. The molecule has 1 unspecified atom stereocenters. The van der Waals surface area contributed by atoms with Crippen molar-refractivity contribution in [1.82, 2.24) is 4.90 Å². The highest BCUT2D eigenvalue weighted by molar-refractivity contribution is 6.31. The maximum Gasteiger partial charge on any atom is 0.152 e. The van der Waals surface area contributed by atoms with Gasteiger partial charge in [-0.25, -0.2) is 0 Å². The average Bonchev–Trinajstić information content (AvgIpc) is 2.76. The molecule has 0 radical (unpaired) electrons. The van der Waals surface area contributed by atoms with Crippen LogP contribution in [0.2, 0.25) is 5.02 Å². The molecule has 1 aromatic rings. The van der Waals surface area contributed by atoms with Crippen molar-refractivity contribution in [3.05, 3.63) is 28.8 Å². The van der Waals surface area contributed by atoms with Gasteiger partial charge in [0, 0.05) is 41.9 Å². The van der Waals surface area contributed by atoms with Crippen LogP contribution in [0.25, 0.3) is 0 Å². The zero-order valence-electron chi connectivity index (χ0n) is 11.0. The van der Waals surface area contributed by atoms with Gasteiger partial charge in [0.05, 0.1) is 0 Å². The molecule has 3 nitrogen and oxygen atoms in total. The van der Waals surface area contributed by atoms with Crippen LogP contribution in [0, 0.1) is 0 Å². The van der Waals surface area contributed by atoms with Crippen LogP contribution < -0.4 is 4.90 Å². The Morgan fingerprint density at radius 3 is 2.89 bits per heavy atom. The number of aldehydes is 1. The first kappa shape index (κ1) is 12.9. The van der Waals surface area contributed by atoms with Crippen molar-refractivity contribution in [2.45, 2.75) is 25.3 Å². The number of carbonyl (C=O) groups is 1. The van der Waals surface area contributed by atoms with Gasteiger partial charge in [-0.05, 0) is 44.0 Å². The normalized spacial score (nSPS) is 24.1. The fraction of sp³-hybridized carbons (Fsp3) is 0.533. The maximum atomic E-state index is 11.2. The number of hydrogen-bond donors (Lipinski definition) is 0. The molecule has 2 aliphatic heterocycles. The molecule has 4 heteroatoms. The molecular formula is C15H19ClN2O. The summed E-state index contributed by atoms with van der Waals surface area (Å²) in [6, 6.07) is 6.27. The lowest BCUT2D eigenvalue weighted by atomic mass is 10.1. The molecule has 2 heterocycles. The summed E-state index contributed by atoms with van der Waals surface area (Å²) in [5.41, 5.74) is 1.74. The van der Waals surface area contributed by atoms with E-state index in [2.05, 4.69) is 9.80 Å². The monoisotopic (exact) mass is 278 g/mol. The van der Waals surface area contributed by atoms with Crippen LogP contribution in [-0.4, -0.2) is 43.4 Å². The summed E-state index contributed by atoms with van der Waals surface area (Å²) in [6.45, 7) is 4.47. The lowest BCUT2D eigenvalue weighted by Gasteiger charge is -2.28. The summed E-state index contributed by atoms with van der Waals surface area (Å²) in [4.78, 5) is 16.2. The summed E-state index contributed by atoms with van der Waals surface area (Å²) in [5, 5.41) is 0.628. The Morgan fingerprint density at radius 1 is 1.21 bits per heavy atom. The van der Waals surface area contributed by atoms with Crippen LogP contribution in [0.1, 0.15) is 29.6 Å². The first-order valence-electron chi connectivity index (χ1n) is 7.01. The minimum atomic E-state index is 0.628. The molecular weight excluding hydrogens is 260 g/mol. The number of benzene rings is 1. The predicted octanol–water partition coefficient (Wildman–Crippen LogP) is 2.83. The largest absolute Gasteiger partial charge is 0.369 e. The van der Waals surface area contributed by atoms with Crippen LogP contribution in [0.3, 0.4) is 0 Å². The van der Waals surface area contributed by atoms with Gasteiger partial charge in [0.25, 0.3) is 0 Å². The number of carbonyl (C=O) groups excluding carboxylic acids is 1. The Hall–Kier alpha value is -1.06. The summed E-state index contributed by atoms with van der Waals surface area (Å²) in [7, 11) is 0. The molecule has 1 aromatic carbocycles. The molecule has 0 bridgehead atoms. The van der Waals surface area contributed by atoms with Gasteiger partial charge in [-0.2, -0.15) is 0 Å². The highest BCUT2D eigenvalue weighted by Gasteiger charge is 2.29. The zero-order chi connectivity index (χ0) is 13.2. The lowest BCUT2D eigenvalue weighted by molar-refractivity contribution is 0.112. The van der Waals surface area contributed by atoms with E-state index in [4.69, 9.17) is 11.6 Å². The molecule has 3 rings (SSSR count). The van der Waals surface area contributed by atoms with Gasteiger partial charge < -0.3 is 4.90 Å². The van der Waals surface area contributed by atoms with E-state index in [0.717, 1.165) is 31.5 Å². The van der Waals surface area contributed by atoms with E-state index in [9.17, 15) is 4.79 Å². The second kappa shape index (κ2) is 5.51. The molecule has 2 aliphatic rings. The van der Waals surface area contributed by atoms with Gasteiger partial charge in [-0.15, -0.1) is 0 Å². The van der Waals surface area contributed by atoms with Crippen molar-refractivity contribution in [1.29, 1.82) is 0 Å². The van der Waals surface area contributed by atoms with E-state index in [1.165, 1.54) is 25.9 Å². The van der Waals surface area contributed by atoms with E-state index < -0.39 is 0 Å². The Labute approximate surface area is 119 Å². The Kier molecular flexibility index (Phi) is 3.76. The van der Waals surface area contributed by atoms with E-state index in [0.29, 0.717) is 16.6 Å². The topological polar surface area (TPSA) is 23.6 Å². The SMILES string of the molecule is O=Cc1cc(Cl)ccc1N1CCCN2CCCC2C1. The quantitative estimate of drug-likeness (QED) is 0.777. The third-order valence-corrected chi connectivity index (χ3v) is 4.50. The Bertz CT molecular complexity index is 477. The number of hydrogen-bond acceptors (Lipinski definition) is 3. The van der Waals surface area contributed by atoms with E-state index in [-0.39, 0.29) is 0 Å². The van der Waals surface area contributed by atoms with Gasteiger partial charge in [0.2, 0.25) is 0 Å². The van der Waals surface area contributed by atoms with Crippen molar-refractivity contribution < 1.29 is 4.79 Å². The number of fused-ring (bicyclic) bond motifs is 1. The Morgan fingerprint density at radius 2 is 2.05 bits per heavy atom. The van der Waals surface area contributed by atoms with Crippen molar-refractivity contribution in [3.63, 3.8) is 0 Å². The second-order valence-corrected chi connectivity index (χ2v) is 5.89. The number of rotatable bonds is 2. The standard InChI is InChI=1S/C15H19ClN2O/c16-13-4-5-15(12(9-13)11-19)18-8-2-7-17-6-1-3-14(17)10-18/h4-5,9,11,14H,1-3,6-8,10H2. The van der Waals surface area contributed by atoms with Crippen molar-refractivity contribution in [3.8, 4) is 0 Å². The third kappa shape index (κ3) is 2.63. The van der Waals surface area contributed by atoms with Crippen LogP contribution in [0.4, 0.5) is 5.69 Å². The van der Waals surface area contributed by atoms with Crippen LogP contribution in [-0.2, 0) is 0 Å². The number of anilines is 1. The van der Waals surface area contributed by atoms with Gasteiger partial charge in [0.15, 0.2) is 6.29 Å². The first-order valence-corrected chi connectivity index (χ1v) is 7.39. The molecule has 0 aliphatic carbocycles. The highest BCUT2D eigenvalue weighted by atomic mass is 35.5. The molecule has 0 amide bonds. The molecule has 0 aromatic heterocycles. The molecule has 0 saturated carbocycles. The van der Waals surface area contributed by atoms with E-state index in [1.807, 2.05) is 12.1 Å². The highest BCUT2D eigenvalue weighted by Crippen LogP contribution is 2.28. The van der Waals surface area contributed by atoms with Crippen molar-refractivity contribution >= 4 is 23.6 Å². The number of halogens is 1. The van der Waals surface area contributed by atoms with Gasteiger partial charge in [0.1, 0.15) is 0 Å². The third-order valence-electron chi connectivity index (χ3n) is 4.26. The Balaban J connectivity index is 1.86. The summed E-state index contributed by atoms with van der Waals surface area (Å²) in [6.07, 6.45) is 4.66. The summed E-state index contributed by atoms with van der Waals surface area (Å²) < 4.78 is 0. The second-order valence-electron chi connectivity index (χ2n) is 5.45. The molecule has 2 fully saturated rings.